The Bertz CT molecular complexity index is 840. The maximum Gasteiger partial charge on any atom is 0.305 e. The molecule has 1 saturated carbocycles. The predicted molar refractivity (Wildman–Crippen MR) is 89.3 cm³/mol. The van der Waals surface area contributed by atoms with Crippen molar-refractivity contribution < 1.29 is 19.1 Å². The van der Waals surface area contributed by atoms with Crippen LogP contribution in [0.3, 0.4) is 0 Å². The van der Waals surface area contributed by atoms with Crippen LogP contribution >= 0.6 is 0 Å². The van der Waals surface area contributed by atoms with Gasteiger partial charge in [0.1, 0.15) is 11.5 Å². The van der Waals surface area contributed by atoms with Crippen LogP contribution < -0.4 is 5.32 Å². The number of carboxylic acids is 1. The molecule has 132 valence electrons. The Kier molecular flexibility index (Phi) is 4.32. The lowest BCUT2D eigenvalue weighted by Gasteiger charge is -2.41. The van der Waals surface area contributed by atoms with Crippen LogP contribution in [0.4, 0.5) is 4.39 Å². The minimum Gasteiger partial charge on any atom is -0.481 e. The van der Waals surface area contributed by atoms with Crippen molar-refractivity contribution in [3.63, 3.8) is 0 Å². The second-order valence-corrected chi connectivity index (χ2v) is 6.66. The lowest BCUT2D eigenvalue weighted by atomic mass is 9.74. The van der Waals surface area contributed by atoms with Gasteiger partial charge in [0.15, 0.2) is 0 Å². The average Bonchev–Trinajstić information content (AvgIpc) is 2.82. The van der Waals surface area contributed by atoms with Crippen LogP contribution in [0.5, 0.6) is 0 Å². The third-order valence-corrected chi connectivity index (χ3v) is 4.63. The Morgan fingerprint density at radius 1 is 1.32 bits per heavy atom. The number of nitrogens with one attached hydrogen (secondary N) is 1. The lowest BCUT2D eigenvalue weighted by molar-refractivity contribution is -0.139. The molecular formula is C18H20FN3O3. The summed E-state index contributed by atoms with van der Waals surface area (Å²) in [5.41, 5.74) is 1.29. The van der Waals surface area contributed by atoms with E-state index in [1.165, 1.54) is 16.8 Å². The van der Waals surface area contributed by atoms with E-state index in [1.807, 2.05) is 19.9 Å². The number of carbonyl (C=O) groups is 2. The predicted octanol–water partition coefficient (Wildman–Crippen LogP) is 2.76. The summed E-state index contributed by atoms with van der Waals surface area (Å²) in [6.07, 6.45) is 2.00. The highest BCUT2D eigenvalue weighted by atomic mass is 19.1. The molecule has 2 aromatic rings. The number of aryl methyl sites for hydroxylation is 2. The Morgan fingerprint density at radius 2 is 2.04 bits per heavy atom. The molecule has 0 aliphatic heterocycles. The molecule has 0 spiro atoms. The zero-order valence-corrected chi connectivity index (χ0v) is 14.2. The van der Waals surface area contributed by atoms with Crippen molar-refractivity contribution in [3.05, 3.63) is 47.0 Å². The van der Waals surface area contributed by atoms with Gasteiger partial charge < -0.3 is 10.4 Å². The first-order valence-electron chi connectivity index (χ1n) is 8.17. The molecule has 1 aliphatic rings. The molecule has 3 rings (SSSR count). The number of amides is 1. The second-order valence-electron chi connectivity index (χ2n) is 6.66. The van der Waals surface area contributed by atoms with Gasteiger partial charge in [0.05, 0.1) is 17.7 Å². The largest absolute Gasteiger partial charge is 0.481 e. The molecule has 0 bridgehead atoms. The smallest absolute Gasteiger partial charge is 0.305 e. The number of carbonyl (C=O) groups excluding carboxylic acids is 1. The standard InChI is InChI=1S/C18H20FN3O3/c1-11-8-12(2)22(21-11)15-5-4-13(9-14(15)19)17(25)20-18(6-3-7-18)10-16(23)24/h4-5,8-9H,3,6-7,10H2,1-2H3,(H,20,25)(H,23,24). The zero-order chi connectivity index (χ0) is 18.2. The third kappa shape index (κ3) is 3.40. The molecule has 1 fully saturated rings. The summed E-state index contributed by atoms with van der Waals surface area (Å²) in [6.45, 7) is 3.65. The van der Waals surface area contributed by atoms with E-state index in [4.69, 9.17) is 5.11 Å². The van der Waals surface area contributed by atoms with Crippen molar-refractivity contribution in [1.82, 2.24) is 15.1 Å². The molecule has 0 unspecified atom stereocenters. The summed E-state index contributed by atoms with van der Waals surface area (Å²) in [5, 5.41) is 16.0. The van der Waals surface area contributed by atoms with Gasteiger partial charge in [0.25, 0.3) is 5.91 Å². The van der Waals surface area contributed by atoms with Gasteiger partial charge in [-0.05, 0) is 57.4 Å². The molecule has 0 saturated heterocycles. The first-order valence-corrected chi connectivity index (χ1v) is 8.17. The molecule has 1 aromatic carbocycles. The molecule has 7 heteroatoms. The maximum absolute atomic E-state index is 14.5. The van der Waals surface area contributed by atoms with E-state index in [-0.39, 0.29) is 17.7 Å². The molecule has 1 amide bonds. The lowest BCUT2D eigenvalue weighted by Crippen LogP contribution is -2.54. The van der Waals surface area contributed by atoms with Crippen molar-refractivity contribution in [2.75, 3.05) is 0 Å². The molecule has 1 aliphatic carbocycles. The molecule has 0 atom stereocenters. The Morgan fingerprint density at radius 3 is 2.52 bits per heavy atom. The monoisotopic (exact) mass is 345 g/mol. The van der Waals surface area contributed by atoms with Gasteiger partial charge in [-0.1, -0.05) is 0 Å². The van der Waals surface area contributed by atoms with E-state index in [0.29, 0.717) is 12.8 Å². The summed E-state index contributed by atoms with van der Waals surface area (Å²) in [4.78, 5) is 23.4. The number of hydrogen-bond donors (Lipinski definition) is 2. The molecule has 1 aromatic heterocycles. The van der Waals surface area contributed by atoms with Gasteiger partial charge >= 0.3 is 5.97 Å². The summed E-state index contributed by atoms with van der Waals surface area (Å²) in [7, 11) is 0. The van der Waals surface area contributed by atoms with Crippen LogP contribution in [0.1, 0.15) is 47.4 Å². The summed E-state index contributed by atoms with van der Waals surface area (Å²) >= 11 is 0. The van der Waals surface area contributed by atoms with Crippen molar-refractivity contribution in [3.8, 4) is 5.69 Å². The number of benzene rings is 1. The molecule has 25 heavy (non-hydrogen) atoms. The zero-order valence-electron chi connectivity index (χ0n) is 14.2. The molecule has 0 radical (unpaired) electrons. The Balaban J connectivity index is 1.82. The summed E-state index contributed by atoms with van der Waals surface area (Å²) in [6, 6.07) is 6.03. The van der Waals surface area contributed by atoms with Gasteiger partial charge in [-0.2, -0.15) is 5.10 Å². The van der Waals surface area contributed by atoms with Crippen molar-refractivity contribution in [1.29, 1.82) is 0 Å². The van der Waals surface area contributed by atoms with Crippen LogP contribution in [0.2, 0.25) is 0 Å². The Hall–Kier alpha value is -2.70. The van der Waals surface area contributed by atoms with Crippen LogP contribution in [0.15, 0.2) is 24.3 Å². The highest BCUT2D eigenvalue weighted by Gasteiger charge is 2.40. The number of hydrogen-bond acceptors (Lipinski definition) is 3. The fraction of sp³-hybridized carbons (Fsp3) is 0.389. The van der Waals surface area contributed by atoms with Crippen LogP contribution in [0.25, 0.3) is 5.69 Å². The topological polar surface area (TPSA) is 84.2 Å². The fourth-order valence-electron chi connectivity index (χ4n) is 3.24. The highest BCUT2D eigenvalue weighted by molar-refractivity contribution is 5.95. The van der Waals surface area contributed by atoms with Crippen molar-refractivity contribution in [2.24, 2.45) is 0 Å². The minimum absolute atomic E-state index is 0.120. The quantitative estimate of drug-likeness (QED) is 0.873. The number of halogens is 1. The van der Waals surface area contributed by atoms with E-state index < -0.39 is 23.2 Å². The molecular weight excluding hydrogens is 325 g/mol. The number of aromatic nitrogens is 2. The third-order valence-electron chi connectivity index (χ3n) is 4.63. The first-order chi connectivity index (χ1) is 11.8. The van der Waals surface area contributed by atoms with Crippen molar-refractivity contribution in [2.45, 2.75) is 45.1 Å². The van der Waals surface area contributed by atoms with Crippen LogP contribution in [-0.2, 0) is 4.79 Å². The molecule has 2 N–H and O–H groups in total. The van der Waals surface area contributed by atoms with Gasteiger partial charge in [-0.3, -0.25) is 9.59 Å². The summed E-state index contributed by atoms with van der Waals surface area (Å²) in [5.74, 6) is -1.97. The number of carboxylic acid groups (broad SMARTS) is 1. The minimum atomic E-state index is -0.953. The average molecular weight is 345 g/mol. The van der Waals surface area contributed by atoms with Crippen molar-refractivity contribution >= 4 is 11.9 Å². The molecule has 1 heterocycles. The first kappa shape index (κ1) is 17.1. The van der Waals surface area contributed by atoms with Crippen LogP contribution in [0, 0.1) is 19.7 Å². The van der Waals surface area contributed by atoms with E-state index in [9.17, 15) is 14.0 Å². The number of aliphatic carboxylic acids is 1. The van der Waals surface area contributed by atoms with E-state index >= 15 is 0 Å². The fourth-order valence-corrected chi connectivity index (χ4v) is 3.24. The van der Waals surface area contributed by atoms with Gasteiger partial charge in [-0.25, -0.2) is 9.07 Å². The Labute approximate surface area is 144 Å². The number of nitrogens with zero attached hydrogens (tertiary/aromatic N) is 2. The van der Waals surface area contributed by atoms with E-state index in [0.717, 1.165) is 23.9 Å². The molecule has 6 nitrogen and oxygen atoms in total. The van der Waals surface area contributed by atoms with Gasteiger partial charge in [-0.15, -0.1) is 0 Å². The highest BCUT2D eigenvalue weighted by Crippen LogP contribution is 2.35. The van der Waals surface area contributed by atoms with Gasteiger partial charge in [0.2, 0.25) is 0 Å². The van der Waals surface area contributed by atoms with E-state index in [1.54, 1.807) is 0 Å². The second kappa shape index (κ2) is 6.31. The number of rotatable bonds is 5. The summed E-state index contributed by atoms with van der Waals surface area (Å²) < 4.78 is 16.0. The van der Waals surface area contributed by atoms with E-state index in [2.05, 4.69) is 10.4 Å². The van der Waals surface area contributed by atoms with Crippen LogP contribution in [-0.4, -0.2) is 32.3 Å². The van der Waals surface area contributed by atoms with Gasteiger partial charge in [0, 0.05) is 11.3 Å². The maximum atomic E-state index is 14.5. The SMILES string of the molecule is Cc1cc(C)n(-c2ccc(C(=O)NC3(CC(=O)O)CCC3)cc2F)n1. The normalized spacial score (nSPS) is 15.5.